The predicted molar refractivity (Wildman–Crippen MR) is 84.2 cm³/mol. The molecule has 0 unspecified atom stereocenters. The van der Waals surface area contributed by atoms with Crippen LogP contribution < -0.4 is 14.2 Å². The average molecular weight is 319 g/mol. The third-order valence-corrected chi connectivity index (χ3v) is 4.89. The number of para-hydroxylation sites is 1. The Bertz CT molecular complexity index is 795. The number of aryl methyl sites for hydroxylation is 2. The molecule has 116 valence electrons. The second-order valence-electron chi connectivity index (χ2n) is 5.18. The van der Waals surface area contributed by atoms with E-state index in [1.165, 1.54) is 12.1 Å². The first-order valence-electron chi connectivity index (χ1n) is 6.96. The van der Waals surface area contributed by atoms with Gasteiger partial charge in [0.05, 0.1) is 10.6 Å². The highest BCUT2D eigenvalue weighted by molar-refractivity contribution is 7.92. The Morgan fingerprint density at radius 3 is 2.27 bits per heavy atom. The van der Waals surface area contributed by atoms with E-state index in [1.54, 1.807) is 6.07 Å². The van der Waals surface area contributed by atoms with Crippen molar-refractivity contribution in [2.45, 2.75) is 18.7 Å². The highest BCUT2D eigenvalue weighted by atomic mass is 32.2. The van der Waals surface area contributed by atoms with Crippen molar-refractivity contribution in [1.82, 2.24) is 0 Å². The zero-order valence-corrected chi connectivity index (χ0v) is 13.2. The van der Waals surface area contributed by atoms with Crippen LogP contribution in [0.5, 0.6) is 11.5 Å². The first kappa shape index (κ1) is 14.7. The fraction of sp³-hybridized carbons (Fsp3) is 0.250. The summed E-state index contributed by atoms with van der Waals surface area (Å²) in [5, 5.41) is 0. The van der Waals surface area contributed by atoms with Gasteiger partial charge in [0.1, 0.15) is 13.2 Å². The lowest BCUT2D eigenvalue weighted by Gasteiger charge is -2.19. The van der Waals surface area contributed by atoms with Crippen molar-refractivity contribution in [3.05, 3.63) is 47.5 Å². The Morgan fingerprint density at radius 2 is 1.59 bits per heavy atom. The summed E-state index contributed by atoms with van der Waals surface area (Å²) in [6.07, 6.45) is 0. The predicted octanol–water partition coefficient (Wildman–Crippen LogP) is 2.88. The van der Waals surface area contributed by atoms with Crippen LogP contribution in [-0.4, -0.2) is 21.6 Å². The topological polar surface area (TPSA) is 64.6 Å². The summed E-state index contributed by atoms with van der Waals surface area (Å²) < 4.78 is 38.7. The second-order valence-corrected chi connectivity index (χ2v) is 6.86. The average Bonchev–Trinajstić information content (AvgIpc) is 2.50. The molecule has 0 amide bonds. The van der Waals surface area contributed by atoms with Gasteiger partial charge in [-0.05, 0) is 37.1 Å². The van der Waals surface area contributed by atoms with E-state index in [1.807, 2.05) is 32.0 Å². The van der Waals surface area contributed by atoms with Gasteiger partial charge in [0.15, 0.2) is 11.5 Å². The molecule has 0 atom stereocenters. The molecule has 0 saturated carbocycles. The highest BCUT2D eigenvalue weighted by Gasteiger charge is 2.20. The number of rotatable bonds is 3. The smallest absolute Gasteiger partial charge is 0.262 e. The van der Waals surface area contributed by atoms with E-state index in [4.69, 9.17) is 9.47 Å². The standard InChI is InChI=1S/C16H17NO4S/c1-11-4-3-5-12(2)16(11)17-22(18,19)13-6-7-14-15(10-13)21-9-8-20-14/h3-7,10,17H,8-9H2,1-2H3. The molecule has 0 spiro atoms. The molecule has 1 aliphatic rings. The van der Waals surface area contributed by atoms with Crippen LogP contribution in [0.25, 0.3) is 0 Å². The molecular weight excluding hydrogens is 302 g/mol. The van der Waals surface area contributed by atoms with Gasteiger partial charge in [0, 0.05) is 6.07 Å². The normalized spacial score (nSPS) is 13.7. The van der Waals surface area contributed by atoms with E-state index in [-0.39, 0.29) is 4.90 Å². The Kier molecular flexibility index (Phi) is 3.70. The number of sulfonamides is 1. The van der Waals surface area contributed by atoms with Crippen LogP contribution in [0.2, 0.25) is 0 Å². The molecule has 2 aromatic rings. The van der Waals surface area contributed by atoms with Crippen molar-refractivity contribution in [2.75, 3.05) is 17.9 Å². The maximum atomic E-state index is 12.6. The van der Waals surface area contributed by atoms with Crippen LogP contribution in [-0.2, 0) is 10.0 Å². The number of hydrogen-bond acceptors (Lipinski definition) is 4. The molecule has 1 N–H and O–H groups in total. The fourth-order valence-electron chi connectivity index (χ4n) is 2.36. The highest BCUT2D eigenvalue weighted by Crippen LogP contribution is 2.33. The van der Waals surface area contributed by atoms with Crippen molar-refractivity contribution in [3.8, 4) is 11.5 Å². The zero-order valence-electron chi connectivity index (χ0n) is 12.4. The van der Waals surface area contributed by atoms with Crippen molar-refractivity contribution in [1.29, 1.82) is 0 Å². The lowest BCUT2D eigenvalue weighted by atomic mass is 10.1. The first-order chi connectivity index (χ1) is 10.5. The lowest BCUT2D eigenvalue weighted by Crippen LogP contribution is -2.18. The van der Waals surface area contributed by atoms with Gasteiger partial charge in [-0.25, -0.2) is 8.42 Å². The van der Waals surface area contributed by atoms with Gasteiger partial charge in [0.2, 0.25) is 0 Å². The molecule has 22 heavy (non-hydrogen) atoms. The summed E-state index contributed by atoms with van der Waals surface area (Å²) in [6.45, 7) is 4.63. The Labute approximate surface area is 129 Å². The third-order valence-electron chi connectivity index (χ3n) is 3.54. The molecule has 0 aromatic heterocycles. The van der Waals surface area contributed by atoms with E-state index in [9.17, 15) is 8.42 Å². The van der Waals surface area contributed by atoms with Crippen LogP contribution in [0.15, 0.2) is 41.3 Å². The fourth-order valence-corrected chi connectivity index (χ4v) is 3.58. The number of nitrogens with one attached hydrogen (secondary N) is 1. The van der Waals surface area contributed by atoms with Crippen molar-refractivity contribution in [3.63, 3.8) is 0 Å². The number of hydrogen-bond donors (Lipinski definition) is 1. The first-order valence-corrected chi connectivity index (χ1v) is 8.44. The summed E-state index contributed by atoms with van der Waals surface area (Å²) >= 11 is 0. The van der Waals surface area contributed by atoms with Crippen molar-refractivity contribution in [2.24, 2.45) is 0 Å². The maximum Gasteiger partial charge on any atom is 0.262 e. The molecule has 5 nitrogen and oxygen atoms in total. The van der Waals surface area contributed by atoms with E-state index in [0.717, 1.165) is 11.1 Å². The van der Waals surface area contributed by atoms with Crippen LogP contribution in [0.4, 0.5) is 5.69 Å². The molecule has 6 heteroatoms. The molecular formula is C16H17NO4S. The van der Waals surface area contributed by atoms with Crippen molar-refractivity contribution < 1.29 is 17.9 Å². The molecule has 0 aliphatic carbocycles. The molecule has 0 saturated heterocycles. The van der Waals surface area contributed by atoms with Crippen LogP contribution >= 0.6 is 0 Å². The monoisotopic (exact) mass is 319 g/mol. The summed E-state index contributed by atoms with van der Waals surface area (Å²) in [7, 11) is -3.68. The quantitative estimate of drug-likeness (QED) is 0.945. The molecule has 0 fully saturated rings. The van der Waals surface area contributed by atoms with Gasteiger partial charge in [-0.3, -0.25) is 4.72 Å². The van der Waals surface area contributed by atoms with Gasteiger partial charge in [-0.1, -0.05) is 18.2 Å². The summed E-state index contributed by atoms with van der Waals surface area (Å²) in [5.41, 5.74) is 2.36. The minimum Gasteiger partial charge on any atom is -0.486 e. The number of benzene rings is 2. The number of ether oxygens (including phenoxy) is 2. The van der Waals surface area contributed by atoms with Gasteiger partial charge in [0.25, 0.3) is 10.0 Å². The van der Waals surface area contributed by atoms with E-state index < -0.39 is 10.0 Å². The molecule has 0 bridgehead atoms. The second kappa shape index (κ2) is 5.53. The maximum absolute atomic E-state index is 12.6. The summed E-state index contributed by atoms with van der Waals surface area (Å²) in [4.78, 5) is 0.152. The van der Waals surface area contributed by atoms with Gasteiger partial charge < -0.3 is 9.47 Å². The third kappa shape index (κ3) is 2.74. The summed E-state index contributed by atoms with van der Waals surface area (Å²) in [6, 6.07) is 10.3. The van der Waals surface area contributed by atoms with Gasteiger partial charge in [-0.15, -0.1) is 0 Å². The molecule has 1 aliphatic heterocycles. The summed E-state index contributed by atoms with van der Waals surface area (Å²) in [5.74, 6) is 1.02. The van der Waals surface area contributed by atoms with Gasteiger partial charge in [-0.2, -0.15) is 0 Å². The van der Waals surface area contributed by atoms with Crippen LogP contribution in [0, 0.1) is 13.8 Å². The van der Waals surface area contributed by atoms with Crippen LogP contribution in [0.1, 0.15) is 11.1 Å². The van der Waals surface area contributed by atoms with Gasteiger partial charge >= 0.3 is 0 Å². The van der Waals surface area contributed by atoms with E-state index >= 15 is 0 Å². The largest absolute Gasteiger partial charge is 0.486 e. The van der Waals surface area contributed by atoms with E-state index in [2.05, 4.69) is 4.72 Å². The Hall–Kier alpha value is -2.21. The van der Waals surface area contributed by atoms with Crippen molar-refractivity contribution >= 4 is 15.7 Å². The Balaban J connectivity index is 1.96. The Morgan fingerprint density at radius 1 is 0.955 bits per heavy atom. The molecule has 1 heterocycles. The zero-order chi connectivity index (χ0) is 15.7. The SMILES string of the molecule is Cc1cccc(C)c1NS(=O)(=O)c1ccc2c(c1)OCCO2. The minimum atomic E-state index is -3.68. The number of fused-ring (bicyclic) bond motifs is 1. The lowest BCUT2D eigenvalue weighted by molar-refractivity contribution is 0.171. The van der Waals surface area contributed by atoms with E-state index in [0.29, 0.717) is 30.4 Å². The molecule has 2 aromatic carbocycles. The van der Waals surface area contributed by atoms with Crippen LogP contribution in [0.3, 0.4) is 0 Å². The number of anilines is 1. The molecule has 0 radical (unpaired) electrons. The minimum absolute atomic E-state index is 0.152. The molecule has 3 rings (SSSR count).